The third-order valence-corrected chi connectivity index (χ3v) is 4.27. The Bertz CT molecular complexity index is 691. The highest BCUT2D eigenvalue weighted by atomic mass is 16.2. The van der Waals surface area contributed by atoms with E-state index in [1.165, 1.54) is 0 Å². The summed E-state index contributed by atoms with van der Waals surface area (Å²) in [5, 5.41) is 7.72. The zero-order valence-electron chi connectivity index (χ0n) is 13.7. The molecular weight excluding hydrogens is 294 g/mol. The molecule has 3 rings (SSSR count). The lowest BCUT2D eigenvalue weighted by atomic mass is 10.0. The average Bonchev–Trinajstić information content (AvgIpc) is 3.00. The molecule has 1 aliphatic rings. The van der Waals surface area contributed by atoms with Crippen molar-refractivity contribution >= 4 is 11.7 Å². The molecule has 2 aromatic rings. The van der Waals surface area contributed by atoms with E-state index in [1.54, 1.807) is 24.3 Å². The highest BCUT2D eigenvalue weighted by Crippen LogP contribution is 2.21. The molecule has 1 fully saturated rings. The van der Waals surface area contributed by atoms with Crippen LogP contribution in [0.5, 0.6) is 0 Å². The maximum absolute atomic E-state index is 12.4. The van der Waals surface area contributed by atoms with Crippen molar-refractivity contribution in [2.24, 2.45) is 7.05 Å². The van der Waals surface area contributed by atoms with Gasteiger partial charge in [0.2, 0.25) is 0 Å². The molecule has 1 saturated heterocycles. The molecular formula is C15H21N7O. The topological polar surface area (TPSA) is 80.0 Å². The second-order valence-electron chi connectivity index (χ2n) is 5.93. The number of amides is 1. The fourth-order valence-electron chi connectivity index (χ4n) is 2.88. The number of carbonyl (C=O) groups excluding carboxylic acids is 1. The molecule has 0 radical (unpaired) electrons. The Morgan fingerprint density at radius 2 is 2.04 bits per heavy atom. The lowest BCUT2D eigenvalue weighted by Crippen LogP contribution is -2.46. The van der Waals surface area contributed by atoms with Crippen molar-refractivity contribution in [3.05, 3.63) is 30.0 Å². The first kappa shape index (κ1) is 15.4. The molecule has 8 heteroatoms. The Hall–Kier alpha value is -2.51. The van der Waals surface area contributed by atoms with Crippen LogP contribution in [-0.2, 0) is 7.05 Å². The molecule has 1 aliphatic heterocycles. The van der Waals surface area contributed by atoms with Gasteiger partial charge >= 0.3 is 0 Å². The minimum absolute atomic E-state index is 0.0444. The summed E-state index contributed by atoms with van der Waals surface area (Å²) in [6.45, 7) is 3.39. The molecule has 1 amide bonds. The predicted molar refractivity (Wildman–Crippen MR) is 85.1 cm³/mol. The van der Waals surface area contributed by atoms with Crippen LogP contribution in [0.25, 0.3) is 0 Å². The second kappa shape index (κ2) is 6.31. The Labute approximate surface area is 135 Å². The predicted octanol–water partition coefficient (Wildman–Crippen LogP) is 0.655. The third kappa shape index (κ3) is 3.30. The van der Waals surface area contributed by atoms with Crippen molar-refractivity contribution in [3.8, 4) is 0 Å². The van der Waals surface area contributed by atoms with Crippen LogP contribution in [0.3, 0.4) is 0 Å². The fourth-order valence-corrected chi connectivity index (χ4v) is 2.88. The van der Waals surface area contributed by atoms with Crippen LogP contribution in [0.1, 0.15) is 29.0 Å². The van der Waals surface area contributed by atoms with Crippen molar-refractivity contribution in [2.45, 2.75) is 25.8 Å². The Morgan fingerprint density at radius 3 is 2.65 bits per heavy atom. The van der Waals surface area contributed by atoms with Crippen LogP contribution < -0.4 is 4.90 Å². The van der Waals surface area contributed by atoms with E-state index in [1.807, 2.05) is 24.9 Å². The lowest BCUT2D eigenvalue weighted by molar-refractivity contribution is 0.0707. The zero-order chi connectivity index (χ0) is 16.4. The van der Waals surface area contributed by atoms with Crippen LogP contribution in [-0.4, -0.2) is 61.9 Å². The molecule has 0 spiro atoms. The summed E-state index contributed by atoms with van der Waals surface area (Å²) in [6.07, 6.45) is 5.06. The highest BCUT2D eigenvalue weighted by molar-refractivity contribution is 5.92. The molecule has 3 heterocycles. The number of hydrogen-bond acceptors (Lipinski definition) is 6. The zero-order valence-corrected chi connectivity index (χ0v) is 13.7. The minimum Gasteiger partial charge on any atom is -0.356 e. The van der Waals surface area contributed by atoms with Crippen LogP contribution in [0.2, 0.25) is 0 Å². The SMILES string of the molecule is Cc1cc(N(C)C2CCN(C(=O)c3cn(C)nn3)CC2)ncn1. The average molecular weight is 315 g/mol. The molecule has 122 valence electrons. The molecule has 2 aromatic heterocycles. The summed E-state index contributed by atoms with van der Waals surface area (Å²) < 4.78 is 1.55. The largest absolute Gasteiger partial charge is 0.356 e. The third-order valence-electron chi connectivity index (χ3n) is 4.27. The first-order valence-electron chi connectivity index (χ1n) is 7.71. The molecule has 23 heavy (non-hydrogen) atoms. The maximum Gasteiger partial charge on any atom is 0.276 e. The van der Waals surface area contributed by atoms with Gasteiger partial charge in [-0.2, -0.15) is 0 Å². The molecule has 0 N–H and O–H groups in total. The van der Waals surface area contributed by atoms with Crippen LogP contribution >= 0.6 is 0 Å². The van der Waals surface area contributed by atoms with Gasteiger partial charge < -0.3 is 9.80 Å². The molecule has 0 bridgehead atoms. The van der Waals surface area contributed by atoms with Gasteiger partial charge in [-0.3, -0.25) is 9.48 Å². The van der Waals surface area contributed by atoms with Crippen LogP contribution in [0.4, 0.5) is 5.82 Å². The van der Waals surface area contributed by atoms with Gasteiger partial charge in [0.15, 0.2) is 5.69 Å². The number of aromatic nitrogens is 5. The van der Waals surface area contributed by atoms with Gasteiger partial charge in [-0.25, -0.2) is 9.97 Å². The maximum atomic E-state index is 12.4. The number of nitrogens with zero attached hydrogens (tertiary/aromatic N) is 7. The number of anilines is 1. The molecule has 0 saturated carbocycles. The van der Waals surface area contributed by atoms with E-state index in [0.717, 1.165) is 24.4 Å². The van der Waals surface area contributed by atoms with Crippen molar-refractivity contribution in [2.75, 3.05) is 25.0 Å². The van der Waals surface area contributed by atoms with Gasteiger partial charge in [0.05, 0.1) is 6.20 Å². The van der Waals surface area contributed by atoms with Crippen molar-refractivity contribution in [1.29, 1.82) is 0 Å². The van der Waals surface area contributed by atoms with Gasteiger partial charge in [-0.1, -0.05) is 5.21 Å². The number of piperidine rings is 1. The van der Waals surface area contributed by atoms with Crippen LogP contribution in [0.15, 0.2) is 18.6 Å². The second-order valence-corrected chi connectivity index (χ2v) is 5.93. The highest BCUT2D eigenvalue weighted by Gasteiger charge is 2.27. The summed E-state index contributed by atoms with van der Waals surface area (Å²) in [5.41, 5.74) is 1.36. The van der Waals surface area contributed by atoms with E-state index in [9.17, 15) is 4.79 Å². The van der Waals surface area contributed by atoms with E-state index in [4.69, 9.17) is 0 Å². The molecule has 0 unspecified atom stereocenters. The smallest absolute Gasteiger partial charge is 0.276 e. The minimum atomic E-state index is -0.0444. The first-order valence-corrected chi connectivity index (χ1v) is 7.71. The summed E-state index contributed by atoms with van der Waals surface area (Å²) in [7, 11) is 3.81. The molecule has 0 aliphatic carbocycles. The number of carbonyl (C=O) groups is 1. The number of hydrogen-bond donors (Lipinski definition) is 0. The van der Waals surface area contributed by atoms with E-state index >= 15 is 0 Å². The Morgan fingerprint density at radius 1 is 1.30 bits per heavy atom. The normalized spacial score (nSPS) is 15.7. The van der Waals surface area contributed by atoms with Crippen molar-refractivity contribution < 1.29 is 4.79 Å². The summed E-state index contributed by atoms with van der Waals surface area (Å²) >= 11 is 0. The van der Waals surface area contributed by atoms with E-state index in [2.05, 4.69) is 25.2 Å². The molecule has 0 atom stereocenters. The van der Waals surface area contributed by atoms with E-state index in [0.29, 0.717) is 24.8 Å². The van der Waals surface area contributed by atoms with Gasteiger partial charge in [0.1, 0.15) is 12.1 Å². The fraction of sp³-hybridized carbons (Fsp3) is 0.533. The van der Waals surface area contributed by atoms with Gasteiger partial charge in [0.25, 0.3) is 5.91 Å². The summed E-state index contributed by atoms with van der Waals surface area (Å²) in [5.74, 6) is 0.883. The standard InChI is InChI=1S/C15H21N7O/c1-11-8-14(17-10-16-11)21(3)12-4-6-22(7-5-12)15(23)13-9-20(2)19-18-13/h8-10,12H,4-7H2,1-3H3. The quantitative estimate of drug-likeness (QED) is 0.827. The lowest BCUT2D eigenvalue weighted by Gasteiger charge is -2.37. The number of aryl methyl sites for hydroxylation is 2. The van der Waals surface area contributed by atoms with Gasteiger partial charge in [-0.05, 0) is 19.8 Å². The number of likely N-dealkylation sites (tertiary alicyclic amines) is 1. The first-order chi connectivity index (χ1) is 11.0. The molecule has 0 aromatic carbocycles. The van der Waals surface area contributed by atoms with E-state index in [-0.39, 0.29) is 5.91 Å². The summed E-state index contributed by atoms with van der Waals surface area (Å²) in [4.78, 5) is 24.9. The Kier molecular flexibility index (Phi) is 4.22. The van der Waals surface area contributed by atoms with Crippen molar-refractivity contribution in [3.63, 3.8) is 0 Å². The van der Waals surface area contributed by atoms with Crippen molar-refractivity contribution in [1.82, 2.24) is 29.9 Å². The Balaban J connectivity index is 1.61. The monoisotopic (exact) mass is 315 g/mol. The number of rotatable bonds is 3. The van der Waals surface area contributed by atoms with Crippen LogP contribution in [0, 0.1) is 6.92 Å². The van der Waals surface area contributed by atoms with Gasteiger partial charge in [0, 0.05) is 45.0 Å². The summed E-state index contributed by atoms with van der Waals surface area (Å²) in [6, 6.07) is 2.35. The van der Waals surface area contributed by atoms with Gasteiger partial charge in [-0.15, -0.1) is 5.10 Å². The molecule has 8 nitrogen and oxygen atoms in total. The van der Waals surface area contributed by atoms with E-state index < -0.39 is 0 Å².